The summed E-state index contributed by atoms with van der Waals surface area (Å²) in [7, 11) is 1.75. The van der Waals surface area contributed by atoms with Gasteiger partial charge in [0.1, 0.15) is 5.75 Å². The Labute approximate surface area is 137 Å². The first-order valence-corrected chi connectivity index (χ1v) is 8.69. The fraction of sp³-hybridized carbons (Fsp3) is 0.647. The van der Waals surface area contributed by atoms with Gasteiger partial charge in [-0.25, -0.2) is 0 Å². The highest BCUT2D eigenvalue weighted by Gasteiger charge is 2.20. The summed E-state index contributed by atoms with van der Waals surface area (Å²) in [6.07, 6.45) is 3.96. The van der Waals surface area contributed by atoms with Crippen molar-refractivity contribution in [1.82, 2.24) is 10.2 Å². The second-order valence-corrected chi connectivity index (χ2v) is 7.04. The maximum absolute atomic E-state index is 5.51. The van der Waals surface area contributed by atoms with Gasteiger partial charge < -0.3 is 10.1 Å². The topological polar surface area (TPSA) is 24.5 Å². The molecule has 1 N–H and O–H groups in total. The van der Waals surface area contributed by atoms with E-state index in [4.69, 9.17) is 4.74 Å². The summed E-state index contributed by atoms with van der Waals surface area (Å²) in [6.45, 7) is 7.74. The van der Waals surface area contributed by atoms with Crippen LogP contribution in [0.2, 0.25) is 0 Å². The summed E-state index contributed by atoms with van der Waals surface area (Å²) < 4.78 is 6.62. The summed E-state index contributed by atoms with van der Waals surface area (Å²) >= 11 is 3.56. The van der Waals surface area contributed by atoms with Crippen molar-refractivity contribution in [2.45, 2.75) is 51.7 Å². The number of ether oxygens (including phenoxy) is 1. The van der Waals surface area contributed by atoms with Crippen LogP contribution in [-0.2, 0) is 6.54 Å². The van der Waals surface area contributed by atoms with Gasteiger partial charge in [-0.15, -0.1) is 0 Å². The Kier molecular flexibility index (Phi) is 6.52. The molecular weight excluding hydrogens is 328 g/mol. The molecule has 1 aliphatic heterocycles. The maximum atomic E-state index is 5.51. The summed E-state index contributed by atoms with van der Waals surface area (Å²) in [4.78, 5) is 2.54. The summed E-state index contributed by atoms with van der Waals surface area (Å²) in [5, 5.41) is 3.65. The predicted molar refractivity (Wildman–Crippen MR) is 91.9 cm³/mol. The van der Waals surface area contributed by atoms with Gasteiger partial charge in [0.05, 0.1) is 7.11 Å². The van der Waals surface area contributed by atoms with E-state index in [2.05, 4.69) is 46.1 Å². The zero-order chi connectivity index (χ0) is 15.2. The lowest BCUT2D eigenvalue weighted by molar-refractivity contribution is 0.175. The van der Waals surface area contributed by atoms with Crippen LogP contribution in [0.1, 0.15) is 38.7 Å². The molecule has 1 fully saturated rings. The smallest absolute Gasteiger partial charge is 0.123 e. The van der Waals surface area contributed by atoms with Crippen molar-refractivity contribution in [3.63, 3.8) is 0 Å². The second-order valence-electron chi connectivity index (χ2n) is 6.13. The molecule has 118 valence electrons. The van der Waals surface area contributed by atoms with Gasteiger partial charge in [0.2, 0.25) is 0 Å². The van der Waals surface area contributed by atoms with E-state index in [1.54, 1.807) is 7.11 Å². The molecule has 0 aliphatic carbocycles. The summed E-state index contributed by atoms with van der Waals surface area (Å²) in [5.41, 5.74) is 1.25. The van der Waals surface area contributed by atoms with Gasteiger partial charge in [-0.1, -0.05) is 22.4 Å². The van der Waals surface area contributed by atoms with Gasteiger partial charge in [0, 0.05) is 35.2 Å². The molecule has 21 heavy (non-hydrogen) atoms. The SMILES string of the molecule is COc1ccc(Br)cc1CN(CC1CCCCN1)C(C)C. The third-order valence-electron chi connectivity index (χ3n) is 4.21. The average molecular weight is 355 g/mol. The zero-order valence-corrected chi connectivity index (χ0v) is 14.9. The van der Waals surface area contributed by atoms with Crippen LogP contribution in [0.4, 0.5) is 0 Å². The van der Waals surface area contributed by atoms with E-state index >= 15 is 0 Å². The highest BCUT2D eigenvalue weighted by Crippen LogP contribution is 2.25. The first-order chi connectivity index (χ1) is 10.1. The standard InChI is InChI=1S/C17H27BrN2O/c1-13(2)20(12-16-6-4-5-9-19-16)11-14-10-15(18)7-8-17(14)21-3/h7-8,10,13,16,19H,4-6,9,11-12H2,1-3H3. The molecule has 1 atom stereocenters. The van der Waals surface area contributed by atoms with E-state index in [1.807, 2.05) is 12.1 Å². The molecule has 1 aromatic carbocycles. The Hall–Kier alpha value is -0.580. The van der Waals surface area contributed by atoms with Crippen molar-refractivity contribution in [2.24, 2.45) is 0 Å². The van der Waals surface area contributed by atoms with Crippen molar-refractivity contribution in [1.29, 1.82) is 0 Å². The minimum Gasteiger partial charge on any atom is -0.496 e. The minimum absolute atomic E-state index is 0.525. The highest BCUT2D eigenvalue weighted by atomic mass is 79.9. The highest BCUT2D eigenvalue weighted by molar-refractivity contribution is 9.10. The Morgan fingerprint density at radius 1 is 1.38 bits per heavy atom. The van der Waals surface area contributed by atoms with Crippen molar-refractivity contribution in [2.75, 3.05) is 20.2 Å². The molecule has 1 heterocycles. The number of nitrogens with zero attached hydrogens (tertiary/aromatic N) is 1. The molecule has 1 unspecified atom stereocenters. The molecule has 0 radical (unpaired) electrons. The van der Waals surface area contributed by atoms with Crippen LogP contribution >= 0.6 is 15.9 Å². The van der Waals surface area contributed by atoms with Gasteiger partial charge in [-0.05, 0) is 51.4 Å². The van der Waals surface area contributed by atoms with Crippen LogP contribution in [0.25, 0.3) is 0 Å². The van der Waals surface area contributed by atoms with Crippen molar-refractivity contribution in [3.8, 4) is 5.75 Å². The average Bonchev–Trinajstić information content (AvgIpc) is 2.48. The van der Waals surface area contributed by atoms with Gasteiger partial charge in [-0.3, -0.25) is 4.90 Å². The molecule has 2 rings (SSSR count). The summed E-state index contributed by atoms with van der Waals surface area (Å²) in [6, 6.07) is 7.39. The lowest BCUT2D eigenvalue weighted by Crippen LogP contribution is -2.45. The molecule has 0 amide bonds. The third-order valence-corrected chi connectivity index (χ3v) is 4.71. The lowest BCUT2D eigenvalue weighted by atomic mass is 10.0. The van der Waals surface area contributed by atoms with Gasteiger partial charge >= 0.3 is 0 Å². The van der Waals surface area contributed by atoms with E-state index in [0.717, 1.165) is 29.9 Å². The second kappa shape index (κ2) is 8.16. The number of hydrogen-bond donors (Lipinski definition) is 1. The number of halogens is 1. The van der Waals surface area contributed by atoms with Gasteiger partial charge in [0.15, 0.2) is 0 Å². The fourth-order valence-corrected chi connectivity index (χ4v) is 3.32. The van der Waals surface area contributed by atoms with E-state index in [1.165, 1.54) is 24.8 Å². The molecule has 0 spiro atoms. The number of piperidine rings is 1. The number of hydrogen-bond acceptors (Lipinski definition) is 3. The Morgan fingerprint density at radius 3 is 2.81 bits per heavy atom. The minimum atomic E-state index is 0.525. The molecular formula is C17H27BrN2O. The summed E-state index contributed by atoms with van der Waals surface area (Å²) in [5.74, 6) is 0.973. The maximum Gasteiger partial charge on any atom is 0.123 e. The van der Waals surface area contributed by atoms with Crippen LogP contribution in [0.15, 0.2) is 22.7 Å². The molecule has 0 saturated carbocycles. The monoisotopic (exact) mass is 354 g/mol. The van der Waals surface area contributed by atoms with E-state index < -0.39 is 0 Å². The Morgan fingerprint density at radius 2 is 2.19 bits per heavy atom. The van der Waals surface area contributed by atoms with Crippen molar-refractivity contribution >= 4 is 15.9 Å². The predicted octanol–water partition coefficient (Wildman–Crippen LogP) is 3.81. The first kappa shape index (κ1) is 16.8. The van der Waals surface area contributed by atoms with Crippen LogP contribution < -0.4 is 10.1 Å². The van der Waals surface area contributed by atoms with Gasteiger partial charge in [-0.2, -0.15) is 0 Å². The van der Waals surface area contributed by atoms with Crippen LogP contribution in [-0.4, -0.2) is 37.2 Å². The fourth-order valence-electron chi connectivity index (χ4n) is 2.91. The number of rotatable bonds is 6. The van der Waals surface area contributed by atoms with Crippen LogP contribution in [0.5, 0.6) is 5.75 Å². The number of benzene rings is 1. The Bertz CT molecular complexity index is 444. The first-order valence-electron chi connectivity index (χ1n) is 7.90. The van der Waals surface area contributed by atoms with Crippen LogP contribution in [0.3, 0.4) is 0 Å². The molecule has 4 heteroatoms. The van der Waals surface area contributed by atoms with Crippen LogP contribution in [0, 0.1) is 0 Å². The quantitative estimate of drug-likeness (QED) is 0.840. The zero-order valence-electron chi connectivity index (χ0n) is 13.4. The largest absolute Gasteiger partial charge is 0.496 e. The van der Waals surface area contributed by atoms with E-state index in [-0.39, 0.29) is 0 Å². The third kappa shape index (κ3) is 4.97. The molecule has 1 saturated heterocycles. The molecule has 0 bridgehead atoms. The Balaban J connectivity index is 2.06. The molecule has 3 nitrogen and oxygen atoms in total. The molecule has 1 aromatic rings. The van der Waals surface area contributed by atoms with Crippen molar-refractivity contribution in [3.05, 3.63) is 28.2 Å². The number of nitrogens with one attached hydrogen (secondary N) is 1. The van der Waals surface area contributed by atoms with E-state index in [0.29, 0.717) is 12.1 Å². The molecule has 0 aromatic heterocycles. The van der Waals surface area contributed by atoms with E-state index in [9.17, 15) is 0 Å². The molecule has 1 aliphatic rings. The lowest BCUT2D eigenvalue weighted by Gasteiger charge is -2.33. The number of methoxy groups -OCH3 is 1. The van der Waals surface area contributed by atoms with Crippen molar-refractivity contribution < 1.29 is 4.74 Å². The normalized spacial score (nSPS) is 19.2. The van der Waals surface area contributed by atoms with Gasteiger partial charge in [0.25, 0.3) is 0 Å².